The molecular formula is C20H25NO2. The Labute approximate surface area is 138 Å². The molecule has 0 fully saturated rings. The van der Waals surface area contributed by atoms with Gasteiger partial charge in [0.2, 0.25) is 5.91 Å². The number of nitrogens with one attached hydrogen (secondary N) is 1. The van der Waals surface area contributed by atoms with Gasteiger partial charge in [-0.25, -0.2) is 0 Å². The van der Waals surface area contributed by atoms with Gasteiger partial charge in [-0.1, -0.05) is 42.0 Å². The maximum absolute atomic E-state index is 11.9. The van der Waals surface area contributed by atoms with E-state index in [1.54, 1.807) is 7.11 Å². The highest BCUT2D eigenvalue weighted by Crippen LogP contribution is 2.12. The third-order valence-corrected chi connectivity index (χ3v) is 3.88. The minimum atomic E-state index is 0.115. The van der Waals surface area contributed by atoms with Crippen molar-refractivity contribution < 1.29 is 9.53 Å². The molecule has 0 radical (unpaired) electrons. The van der Waals surface area contributed by atoms with Crippen LogP contribution in [-0.4, -0.2) is 19.6 Å². The molecule has 0 aliphatic carbocycles. The van der Waals surface area contributed by atoms with E-state index in [1.807, 2.05) is 24.3 Å². The van der Waals surface area contributed by atoms with E-state index >= 15 is 0 Å². The summed E-state index contributed by atoms with van der Waals surface area (Å²) in [6.45, 7) is 2.82. The molecule has 0 saturated heterocycles. The molecule has 0 spiro atoms. The first kappa shape index (κ1) is 17.1. The summed E-state index contributed by atoms with van der Waals surface area (Å²) < 4.78 is 5.12. The van der Waals surface area contributed by atoms with Gasteiger partial charge >= 0.3 is 0 Å². The quantitative estimate of drug-likeness (QED) is 0.755. The normalized spacial score (nSPS) is 10.3. The summed E-state index contributed by atoms with van der Waals surface area (Å²) >= 11 is 0. The van der Waals surface area contributed by atoms with Gasteiger partial charge in [0.05, 0.1) is 7.11 Å². The summed E-state index contributed by atoms with van der Waals surface area (Å²) in [5.41, 5.74) is 3.75. The number of aryl methyl sites for hydroxylation is 3. The Hall–Kier alpha value is -2.29. The van der Waals surface area contributed by atoms with Crippen molar-refractivity contribution in [2.75, 3.05) is 13.7 Å². The molecule has 0 unspecified atom stereocenters. The maximum atomic E-state index is 11.9. The topological polar surface area (TPSA) is 38.3 Å². The summed E-state index contributed by atoms with van der Waals surface area (Å²) in [7, 11) is 1.65. The lowest BCUT2D eigenvalue weighted by atomic mass is 10.1. The predicted octanol–water partition coefficient (Wildman–Crippen LogP) is 3.69. The number of methoxy groups -OCH3 is 1. The highest BCUT2D eigenvalue weighted by atomic mass is 16.5. The highest BCUT2D eigenvalue weighted by Gasteiger charge is 2.02. The predicted molar refractivity (Wildman–Crippen MR) is 93.8 cm³/mol. The SMILES string of the molecule is COc1ccc(CCC(=O)NCCCc2ccc(C)cc2)cc1. The molecule has 0 aromatic heterocycles. The summed E-state index contributed by atoms with van der Waals surface area (Å²) in [6.07, 6.45) is 3.25. The van der Waals surface area contributed by atoms with E-state index in [0.717, 1.165) is 37.1 Å². The van der Waals surface area contributed by atoms with Crippen molar-refractivity contribution in [3.05, 3.63) is 65.2 Å². The molecule has 0 saturated carbocycles. The van der Waals surface area contributed by atoms with Gasteiger partial charge in [0.1, 0.15) is 5.75 Å². The Kier molecular flexibility index (Phi) is 6.67. The lowest BCUT2D eigenvalue weighted by molar-refractivity contribution is -0.121. The summed E-state index contributed by atoms with van der Waals surface area (Å²) in [4.78, 5) is 11.9. The molecule has 2 rings (SSSR count). The Balaban J connectivity index is 1.62. The van der Waals surface area contributed by atoms with Crippen LogP contribution >= 0.6 is 0 Å². The zero-order chi connectivity index (χ0) is 16.5. The number of benzene rings is 2. The van der Waals surface area contributed by atoms with Crippen LogP contribution < -0.4 is 10.1 Å². The number of carbonyl (C=O) groups is 1. The van der Waals surface area contributed by atoms with Crippen LogP contribution in [-0.2, 0) is 17.6 Å². The van der Waals surface area contributed by atoms with Crippen molar-refractivity contribution in [2.45, 2.75) is 32.6 Å². The number of ether oxygens (including phenoxy) is 1. The van der Waals surface area contributed by atoms with E-state index in [1.165, 1.54) is 11.1 Å². The molecule has 2 aromatic carbocycles. The van der Waals surface area contributed by atoms with Crippen molar-refractivity contribution in [1.82, 2.24) is 5.32 Å². The summed E-state index contributed by atoms with van der Waals surface area (Å²) in [5.74, 6) is 0.957. The van der Waals surface area contributed by atoms with E-state index in [4.69, 9.17) is 4.74 Å². The largest absolute Gasteiger partial charge is 0.497 e. The molecule has 0 aliphatic heterocycles. The third kappa shape index (κ3) is 6.15. The molecule has 1 amide bonds. The van der Waals surface area contributed by atoms with E-state index in [0.29, 0.717) is 6.42 Å². The molecule has 0 aliphatic rings. The lowest BCUT2D eigenvalue weighted by Gasteiger charge is -2.06. The van der Waals surface area contributed by atoms with Crippen LogP contribution in [0.4, 0.5) is 0 Å². The summed E-state index contributed by atoms with van der Waals surface area (Å²) in [6, 6.07) is 16.4. The van der Waals surface area contributed by atoms with E-state index < -0.39 is 0 Å². The smallest absolute Gasteiger partial charge is 0.220 e. The Bertz CT molecular complexity index is 603. The maximum Gasteiger partial charge on any atom is 0.220 e. The second kappa shape index (κ2) is 8.99. The van der Waals surface area contributed by atoms with Crippen molar-refractivity contribution in [1.29, 1.82) is 0 Å². The van der Waals surface area contributed by atoms with Crippen LogP contribution in [0.1, 0.15) is 29.5 Å². The molecule has 0 bridgehead atoms. The van der Waals surface area contributed by atoms with Crippen LogP contribution in [0.3, 0.4) is 0 Å². The third-order valence-electron chi connectivity index (χ3n) is 3.88. The molecule has 2 aromatic rings. The van der Waals surface area contributed by atoms with Crippen LogP contribution in [0.2, 0.25) is 0 Å². The Morgan fingerprint density at radius 1 is 0.957 bits per heavy atom. The monoisotopic (exact) mass is 311 g/mol. The van der Waals surface area contributed by atoms with Crippen LogP contribution in [0.25, 0.3) is 0 Å². The molecule has 122 valence electrons. The van der Waals surface area contributed by atoms with Crippen LogP contribution in [0, 0.1) is 6.92 Å². The zero-order valence-corrected chi connectivity index (χ0v) is 14.0. The first-order valence-electron chi connectivity index (χ1n) is 8.12. The average Bonchev–Trinajstić information content (AvgIpc) is 2.59. The first-order chi connectivity index (χ1) is 11.2. The van der Waals surface area contributed by atoms with Crippen LogP contribution in [0.15, 0.2) is 48.5 Å². The number of rotatable bonds is 8. The standard InChI is InChI=1S/C20H25NO2/c1-16-5-7-17(8-6-16)4-3-15-21-20(22)14-11-18-9-12-19(23-2)13-10-18/h5-10,12-13H,3-4,11,14-15H2,1-2H3,(H,21,22). The van der Waals surface area contributed by atoms with Gasteiger partial charge in [-0.2, -0.15) is 0 Å². The van der Waals surface area contributed by atoms with Gasteiger partial charge in [0.25, 0.3) is 0 Å². The molecular weight excluding hydrogens is 286 g/mol. The van der Waals surface area contributed by atoms with Crippen molar-refractivity contribution in [3.8, 4) is 5.75 Å². The minimum absolute atomic E-state index is 0.115. The number of hydrogen-bond donors (Lipinski definition) is 1. The fourth-order valence-corrected chi connectivity index (χ4v) is 2.41. The Morgan fingerprint density at radius 2 is 1.57 bits per heavy atom. The van der Waals surface area contributed by atoms with Gasteiger partial charge in [-0.3, -0.25) is 4.79 Å². The van der Waals surface area contributed by atoms with Crippen molar-refractivity contribution in [3.63, 3.8) is 0 Å². The molecule has 3 heteroatoms. The van der Waals surface area contributed by atoms with Gasteiger partial charge in [-0.05, 0) is 49.4 Å². The average molecular weight is 311 g/mol. The van der Waals surface area contributed by atoms with E-state index in [9.17, 15) is 4.79 Å². The fraction of sp³-hybridized carbons (Fsp3) is 0.350. The number of carbonyl (C=O) groups excluding carboxylic acids is 1. The minimum Gasteiger partial charge on any atom is -0.497 e. The van der Waals surface area contributed by atoms with Gasteiger partial charge in [-0.15, -0.1) is 0 Å². The van der Waals surface area contributed by atoms with Gasteiger partial charge < -0.3 is 10.1 Å². The van der Waals surface area contributed by atoms with E-state index in [-0.39, 0.29) is 5.91 Å². The summed E-state index contributed by atoms with van der Waals surface area (Å²) in [5, 5.41) is 2.99. The molecule has 0 atom stereocenters. The van der Waals surface area contributed by atoms with Crippen LogP contribution in [0.5, 0.6) is 5.75 Å². The molecule has 3 nitrogen and oxygen atoms in total. The van der Waals surface area contributed by atoms with Crippen molar-refractivity contribution >= 4 is 5.91 Å². The molecule has 23 heavy (non-hydrogen) atoms. The number of amides is 1. The van der Waals surface area contributed by atoms with E-state index in [2.05, 4.69) is 36.5 Å². The number of hydrogen-bond acceptors (Lipinski definition) is 2. The first-order valence-corrected chi connectivity index (χ1v) is 8.12. The molecule has 1 N–H and O–H groups in total. The fourth-order valence-electron chi connectivity index (χ4n) is 2.41. The zero-order valence-electron chi connectivity index (χ0n) is 14.0. The van der Waals surface area contributed by atoms with Gasteiger partial charge in [0.15, 0.2) is 0 Å². The lowest BCUT2D eigenvalue weighted by Crippen LogP contribution is -2.24. The second-order valence-electron chi connectivity index (χ2n) is 5.79. The highest BCUT2D eigenvalue weighted by molar-refractivity contribution is 5.76. The second-order valence-corrected chi connectivity index (χ2v) is 5.79. The van der Waals surface area contributed by atoms with Gasteiger partial charge in [0, 0.05) is 13.0 Å². The molecule has 0 heterocycles. The Morgan fingerprint density at radius 3 is 2.22 bits per heavy atom. The van der Waals surface area contributed by atoms with Crippen molar-refractivity contribution in [2.24, 2.45) is 0 Å².